The largest absolute Gasteiger partial charge is 0.481 e. The normalized spacial score (nSPS) is 23.4. The Hall–Kier alpha value is -3.34. The first-order valence-electron chi connectivity index (χ1n) is 11.0. The van der Waals surface area contributed by atoms with Gasteiger partial charge in [-0.25, -0.2) is 0 Å². The summed E-state index contributed by atoms with van der Waals surface area (Å²) in [4.78, 5) is 24.0. The molecular formula is C26H26N2O3. The fourth-order valence-electron chi connectivity index (χ4n) is 5.20. The van der Waals surface area contributed by atoms with Crippen LogP contribution in [0.5, 0.6) is 0 Å². The lowest BCUT2D eigenvalue weighted by atomic mass is 9.80. The Morgan fingerprint density at radius 3 is 2.68 bits per heavy atom. The first-order chi connectivity index (χ1) is 15.1. The number of carbonyl (C=O) groups is 2. The number of rotatable bonds is 5. The summed E-state index contributed by atoms with van der Waals surface area (Å²) in [5.41, 5.74) is 6.64. The highest BCUT2D eigenvalue weighted by molar-refractivity contribution is 6.32. The second-order valence-electron chi connectivity index (χ2n) is 8.61. The van der Waals surface area contributed by atoms with Crippen molar-refractivity contribution >= 4 is 23.1 Å². The van der Waals surface area contributed by atoms with E-state index >= 15 is 0 Å². The molecule has 0 saturated heterocycles. The van der Waals surface area contributed by atoms with Gasteiger partial charge in [-0.05, 0) is 48.1 Å². The minimum absolute atomic E-state index is 0.109. The van der Waals surface area contributed by atoms with Gasteiger partial charge in [-0.1, -0.05) is 55.3 Å². The highest BCUT2D eigenvalue weighted by Crippen LogP contribution is 2.41. The van der Waals surface area contributed by atoms with E-state index in [9.17, 15) is 14.7 Å². The predicted octanol–water partition coefficient (Wildman–Crippen LogP) is 4.97. The molecule has 5 heteroatoms. The van der Waals surface area contributed by atoms with Crippen LogP contribution >= 0.6 is 0 Å². The van der Waals surface area contributed by atoms with E-state index in [0.717, 1.165) is 40.9 Å². The Bertz CT molecular complexity index is 1100. The lowest BCUT2D eigenvalue weighted by molar-refractivity contribution is -0.137. The molecule has 5 rings (SSSR count). The van der Waals surface area contributed by atoms with E-state index in [-0.39, 0.29) is 12.3 Å². The molecule has 2 aromatic carbocycles. The molecule has 3 N–H and O–H groups in total. The Kier molecular flexibility index (Phi) is 5.10. The minimum Gasteiger partial charge on any atom is -0.481 e. The second-order valence-corrected chi connectivity index (χ2v) is 8.61. The van der Waals surface area contributed by atoms with Crippen LogP contribution in [-0.2, 0) is 9.59 Å². The van der Waals surface area contributed by atoms with E-state index in [1.54, 1.807) is 0 Å². The molecule has 1 fully saturated rings. The summed E-state index contributed by atoms with van der Waals surface area (Å²) in [6.07, 6.45) is 7.14. The molecule has 5 nitrogen and oxygen atoms in total. The molecule has 0 aromatic heterocycles. The zero-order valence-electron chi connectivity index (χ0n) is 17.4. The van der Waals surface area contributed by atoms with E-state index in [1.165, 1.54) is 18.4 Å². The summed E-state index contributed by atoms with van der Waals surface area (Å²) >= 11 is 0. The van der Waals surface area contributed by atoms with E-state index in [0.29, 0.717) is 24.0 Å². The lowest BCUT2D eigenvalue weighted by Crippen LogP contribution is -2.31. The molecular weight excluding hydrogens is 388 g/mol. The number of carboxylic acid groups (broad SMARTS) is 1. The number of amides is 1. The number of carboxylic acids is 1. The van der Waals surface area contributed by atoms with Crippen LogP contribution in [0.15, 0.2) is 65.9 Å². The molecule has 2 heterocycles. The topological polar surface area (TPSA) is 78.4 Å². The highest BCUT2D eigenvalue weighted by atomic mass is 16.4. The van der Waals surface area contributed by atoms with Crippen LogP contribution in [-0.4, -0.2) is 23.0 Å². The van der Waals surface area contributed by atoms with E-state index < -0.39 is 5.97 Å². The van der Waals surface area contributed by atoms with Crippen molar-refractivity contribution < 1.29 is 14.7 Å². The average molecular weight is 415 g/mol. The number of carbonyl (C=O) groups excluding carboxylic acids is 1. The summed E-state index contributed by atoms with van der Waals surface area (Å²) in [5.74, 6) is -0.512. The van der Waals surface area contributed by atoms with Gasteiger partial charge >= 0.3 is 5.97 Å². The monoisotopic (exact) mass is 414 g/mol. The second kappa shape index (κ2) is 8.06. The van der Waals surface area contributed by atoms with Gasteiger partial charge in [0.2, 0.25) is 0 Å². The number of hydrogen-bond donors (Lipinski definition) is 3. The molecule has 2 unspecified atom stereocenters. The zero-order valence-corrected chi connectivity index (χ0v) is 17.4. The van der Waals surface area contributed by atoms with Crippen molar-refractivity contribution in [3.63, 3.8) is 0 Å². The molecule has 0 spiro atoms. The molecule has 2 aromatic rings. The fraction of sp³-hybridized carbons (Fsp3) is 0.308. The molecule has 1 amide bonds. The minimum atomic E-state index is -0.781. The number of allylic oxidation sites excluding steroid dienone is 1. The number of anilines is 1. The van der Waals surface area contributed by atoms with Crippen molar-refractivity contribution in [2.24, 2.45) is 5.92 Å². The Labute approximate surface area is 181 Å². The summed E-state index contributed by atoms with van der Waals surface area (Å²) < 4.78 is 0. The number of fused-ring (bicyclic) bond motifs is 2. The van der Waals surface area contributed by atoms with Crippen LogP contribution in [0.1, 0.15) is 44.1 Å². The number of hydrogen-bond acceptors (Lipinski definition) is 3. The van der Waals surface area contributed by atoms with Crippen LogP contribution in [0.25, 0.3) is 16.7 Å². The molecule has 1 aliphatic carbocycles. The van der Waals surface area contributed by atoms with Gasteiger partial charge < -0.3 is 15.7 Å². The number of aliphatic carboxylic acids is 1. The van der Waals surface area contributed by atoms with Crippen molar-refractivity contribution in [1.29, 1.82) is 0 Å². The van der Waals surface area contributed by atoms with Crippen molar-refractivity contribution in [2.45, 2.75) is 44.6 Å². The van der Waals surface area contributed by atoms with Crippen LogP contribution in [0.3, 0.4) is 0 Å². The Balaban J connectivity index is 1.50. The smallest absolute Gasteiger partial charge is 0.303 e. The van der Waals surface area contributed by atoms with Crippen LogP contribution < -0.4 is 10.6 Å². The predicted molar refractivity (Wildman–Crippen MR) is 121 cm³/mol. The summed E-state index contributed by atoms with van der Waals surface area (Å²) in [6.45, 7) is 0. The van der Waals surface area contributed by atoms with Gasteiger partial charge in [0.15, 0.2) is 0 Å². The maximum atomic E-state index is 12.8. The zero-order chi connectivity index (χ0) is 21.4. The van der Waals surface area contributed by atoms with Crippen LogP contribution in [0, 0.1) is 5.92 Å². The van der Waals surface area contributed by atoms with Gasteiger partial charge in [-0.15, -0.1) is 0 Å². The summed E-state index contributed by atoms with van der Waals surface area (Å²) in [6, 6.07) is 16.5. The molecule has 3 aliphatic rings. The van der Waals surface area contributed by atoms with E-state index in [2.05, 4.69) is 22.8 Å². The third kappa shape index (κ3) is 3.76. The average Bonchev–Trinajstić information content (AvgIpc) is 3.29. The highest BCUT2D eigenvalue weighted by Gasteiger charge is 2.36. The molecule has 0 radical (unpaired) electrons. The Morgan fingerprint density at radius 2 is 1.87 bits per heavy atom. The van der Waals surface area contributed by atoms with Gasteiger partial charge in [-0.2, -0.15) is 0 Å². The third-order valence-electron chi connectivity index (χ3n) is 6.71. The quantitative estimate of drug-likeness (QED) is 0.604. The maximum Gasteiger partial charge on any atom is 0.303 e. The number of nitrogens with one attached hydrogen (secondary N) is 2. The van der Waals surface area contributed by atoms with Crippen molar-refractivity contribution in [3.8, 4) is 11.1 Å². The maximum absolute atomic E-state index is 12.8. The molecule has 1 saturated carbocycles. The fourth-order valence-corrected chi connectivity index (χ4v) is 5.20. The van der Waals surface area contributed by atoms with E-state index in [1.807, 2.05) is 42.5 Å². The van der Waals surface area contributed by atoms with E-state index in [4.69, 9.17) is 0 Å². The Morgan fingerprint density at radius 1 is 1.06 bits per heavy atom. The SMILES string of the molecule is O=C(O)CCC1=C(/C=C2\C(=O)Nc3cc(-c4ccccc4)ccc32)NC2CCCCC12. The number of benzene rings is 2. The van der Waals surface area contributed by atoms with Gasteiger partial charge in [-0.3, -0.25) is 9.59 Å². The van der Waals surface area contributed by atoms with Crippen molar-refractivity contribution in [3.05, 3.63) is 71.4 Å². The first-order valence-corrected chi connectivity index (χ1v) is 11.0. The molecule has 158 valence electrons. The standard InChI is InChI=1S/C26H26N2O3/c29-25(30)13-12-19-18-8-4-5-9-22(18)27-24(19)15-21-20-11-10-17(14-23(20)28-26(21)31)16-6-2-1-3-7-16/h1-3,6-7,10-11,14-15,18,22,27H,4-5,8-9,12-13H2,(H,28,31)(H,29,30)/b21-15-. The first kappa shape index (κ1) is 19.6. The molecule has 2 aliphatic heterocycles. The van der Waals surface area contributed by atoms with Crippen LogP contribution in [0.2, 0.25) is 0 Å². The molecule has 31 heavy (non-hydrogen) atoms. The van der Waals surface area contributed by atoms with Gasteiger partial charge in [0, 0.05) is 35.3 Å². The van der Waals surface area contributed by atoms with Crippen molar-refractivity contribution in [1.82, 2.24) is 5.32 Å². The summed E-state index contributed by atoms with van der Waals surface area (Å²) in [7, 11) is 0. The van der Waals surface area contributed by atoms with Gasteiger partial charge in [0.1, 0.15) is 0 Å². The summed E-state index contributed by atoms with van der Waals surface area (Å²) in [5, 5.41) is 15.8. The van der Waals surface area contributed by atoms with Crippen molar-refractivity contribution in [2.75, 3.05) is 5.32 Å². The van der Waals surface area contributed by atoms with Gasteiger partial charge in [0.25, 0.3) is 5.91 Å². The molecule has 2 atom stereocenters. The lowest BCUT2D eigenvalue weighted by Gasteiger charge is -2.27. The third-order valence-corrected chi connectivity index (χ3v) is 6.71. The van der Waals surface area contributed by atoms with Gasteiger partial charge in [0.05, 0.1) is 5.57 Å². The van der Waals surface area contributed by atoms with Crippen LogP contribution in [0.4, 0.5) is 5.69 Å². The molecule has 0 bridgehead atoms.